The Morgan fingerprint density at radius 3 is 2.79 bits per heavy atom. The van der Waals surface area contributed by atoms with Crippen LogP contribution >= 0.6 is 0 Å². The Hall–Kier alpha value is -2.23. The quantitative estimate of drug-likeness (QED) is 0.820. The van der Waals surface area contributed by atoms with Crippen molar-refractivity contribution in [3.63, 3.8) is 0 Å². The van der Waals surface area contributed by atoms with E-state index in [2.05, 4.69) is 21.9 Å². The predicted octanol–water partition coefficient (Wildman–Crippen LogP) is 3.48. The van der Waals surface area contributed by atoms with Crippen LogP contribution in [0.25, 0.3) is 11.3 Å². The van der Waals surface area contributed by atoms with E-state index in [9.17, 15) is 0 Å². The molecule has 4 nitrogen and oxygen atoms in total. The van der Waals surface area contributed by atoms with Gasteiger partial charge in [-0.2, -0.15) is 0 Å². The zero-order valence-corrected chi connectivity index (χ0v) is 11.4. The van der Waals surface area contributed by atoms with Gasteiger partial charge in [0, 0.05) is 5.56 Å². The van der Waals surface area contributed by atoms with Crippen molar-refractivity contribution < 1.29 is 4.74 Å². The van der Waals surface area contributed by atoms with Crippen LogP contribution in [0.4, 0.5) is 5.69 Å². The lowest BCUT2D eigenvalue weighted by Crippen LogP contribution is -2.37. The van der Waals surface area contributed by atoms with E-state index in [1.54, 1.807) is 0 Å². The van der Waals surface area contributed by atoms with Crippen LogP contribution in [0.1, 0.15) is 19.7 Å². The third-order valence-corrected chi connectivity index (χ3v) is 3.37. The van der Waals surface area contributed by atoms with Gasteiger partial charge in [-0.05, 0) is 32.9 Å². The number of fused-ring (bicyclic) bond motifs is 1. The van der Waals surface area contributed by atoms with Crippen molar-refractivity contribution in [2.75, 3.05) is 5.32 Å². The van der Waals surface area contributed by atoms with Crippen molar-refractivity contribution in [1.29, 1.82) is 0 Å². The van der Waals surface area contributed by atoms with Gasteiger partial charge < -0.3 is 15.0 Å². The van der Waals surface area contributed by atoms with Crippen LogP contribution in [0.5, 0.6) is 5.75 Å². The van der Waals surface area contributed by atoms with E-state index in [0.29, 0.717) is 0 Å². The molecule has 1 aromatic carbocycles. The number of H-pyrrole nitrogens is 1. The predicted molar refractivity (Wildman–Crippen MR) is 76.2 cm³/mol. The van der Waals surface area contributed by atoms with Gasteiger partial charge in [0.05, 0.1) is 23.3 Å². The monoisotopic (exact) mass is 255 g/mol. The highest BCUT2D eigenvalue weighted by molar-refractivity contribution is 5.71. The largest absolute Gasteiger partial charge is 0.479 e. The maximum absolute atomic E-state index is 6.00. The molecule has 0 aliphatic carbocycles. The summed E-state index contributed by atoms with van der Waals surface area (Å²) in [6.07, 6.45) is 1.83. The summed E-state index contributed by atoms with van der Waals surface area (Å²) in [6.45, 7) is 9.93. The summed E-state index contributed by atoms with van der Waals surface area (Å²) in [7, 11) is 0. The lowest BCUT2D eigenvalue weighted by molar-refractivity contribution is 0.144. The molecule has 0 saturated heterocycles. The second-order valence-corrected chi connectivity index (χ2v) is 5.31. The maximum atomic E-state index is 6.00. The van der Waals surface area contributed by atoms with Gasteiger partial charge in [-0.3, -0.25) is 0 Å². The molecule has 0 saturated carbocycles. The zero-order valence-electron chi connectivity index (χ0n) is 11.4. The number of rotatable bonds is 1. The fourth-order valence-electron chi connectivity index (χ4n) is 2.09. The van der Waals surface area contributed by atoms with Gasteiger partial charge in [-0.25, -0.2) is 4.98 Å². The normalized spacial score (nSPS) is 16.5. The number of anilines is 1. The SMILES string of the molecule is C=C1Nc2ccc(-c3cnc(C)[nH]3)cc2OC1(C)C. The van der Waals surface area contributed by atoms with Crippen LogP contribution in [0, 0.1) is 6.92 Å². The van der Waals surface area contributed by atoms with Crippen molar-refractivity contribution in [3.05, 3.63) is 42.5 Å². The Labute approximate surface area is 112 Å². The van der Waals surface area contributed by atoms with Crippen LogP contribution in [0.3, 0.4) is 0 Å². The number of aromatic nitrogens is 2. The summed E-state index contributed by atoms with van der Waals surface area (Å²) in [5.74, 6) is 1.74. The number of ether oxygens (including phenoxy) is 1. The summed E-state index contributed by atoms with van der Waals surface area (Å²) in [5.41, 5.74) is 3.46. The minimum absolute atomic E-state index is 0.407. The number of benzene rings is 1. The molecular weight excluding hydrogens is 238 g/mol. The van der Waals surface area contributed by atoms with Crippen molar-refractivity contribution in [3.8, 4) is 17.0 Å². The second-order valence-electron chi connectivity index (χ2n) is 5.31. The first kappa shape index (κ1) is 11.8. The molecule has 3 rings (SSSR count). The molecule has 0 unspecified atom stereocenters. The Kier molecular flexibility index (Phi) is 2.42. The van der Waals surface area contributed by atoms with Crippen LogP contribution in [-0.2, 0) is 0 Å². The lowest BCUT2D eigenvalue weighted by Gasteiger charge is -2.35. The number of aromatic amines is 1. The average molecular weight is 255 g/mol. The molecule has 2 heterocycles. The minimum Gasteiger partial charge on any atom is -0.479 e. The van der Waals surface area contributed by atoms with Crippen LogP contribution in [-0.4, -0.2) is 15.6 Å². The highest BCUT2D eigenvalue weighted by atomic mass is 16.5. The Balaban J connectivity index is 2.03. The number of aryl methyl sites for hydroxylation is 1. The molecule has 0 atom stereocenters. The fourth-order valence-corrected chi connectivity index (χ4v) is 2.09. The van der Waals surface area contributed by atoms with Crippen LogP contribution < -0.4 is 10.1 Å². The molecule has 98 valence electrons. The smallest absolute Gasteiger partial charge is 0.144 e. The standard InChI is InChI=1S/C15H17N3O/c1-9-15(3,4)19-14-7-11(5-6-12(14)17-9)13-8-16-10(2)18-13/h5-8,17H,1H2,2-4H3,(H,16,18). The second kappa shape index (κ2) is 3.88. The van der Waals surface area contributed by atoms with Crippen molar-refractivity contribution >= 4 is 5.69 Å². The Morgan fingerprint density at radius 1 is 1.32 bits per heavy atom. The number of nitrogens with zero attached hydrogens (tertiary/aromatic N) is 1. The molecule has 1 aromatic heterocycles. The van der Waals surface area contributed by atoms with E-state index in [1.807, 2.05) is 45.2 Å². The highest BCUT2D eigenvalue weighted by Gasteiger charge is 2.30. The number of nitrogens with one attached hydrogen (secondary N) is 2. The van der Waals surface area contributed by atoms with Gasteiger partial charge in [-0.1, -0.05) is 12.6 Å². The van der Waals surface area contributed by atoms with Gasteiger partial charge in [0.1, 0.15) is 17.2 Å². The first-order valence-electron chi connectivity index (χ1n) is 6.27. The van der Waals surface area contributed by atoms with Gasteiger partial charge in [0.25, 0.3) is 0 Å². The highest BCUT2D eigenvalue weighted by Crippen LogP contribution is 2.39. The van der Waals surface area contributed by atoms with E-state index in [0.717, 1.165) is 34.2 Å². The third-order valence-electron chi connectivity index (χ3n) is 3.37. The summed E-state index contributed by atoms with van der Waals surface area (Å²) in [5, 5.41) is 3.29. The topological polar surface area (TPSA) is 49.9 Å². The first-order valence-corrected chi connectivity index (χ1v) is 6.27. The molecule has 2 N–H and O–H groups in total. The summed E-state index contributed by atoms with van der Waals surface area (Å²) < 4.78 is 6.00. The van der Waals surface area contributed by atoms with Crippen LogP contribution in [0.2, 0.25) is 0 Å². The van der Waals surface area contributed by atoms with Crippen molar-refractivity contribution in [2.24, 2.45) is 0 Å². The van der Waals surface area contributed by atoms with Crippen LogP contribution in [0.15, 0.2) is 36.7 Å². The van der Waals surface area contributed by atoms with Gasteiger partial charge in [-0.15, -0.1) is 0 Å². The molecule has 0 fully saturated rings. The minimum atomic E-state index is -0.407. The molecular formula is C15H17N3O. The molecule has 4 heteroatoms. The zero-order chi connectivity index (χ0) is 13.6. The van der Waals surface area contributed by atoms with E-state index in [1.165, 1.54) is 0 Å². The summed E-state index contributed by atoms with van der Waals surface area (Å²) in [6, 6.07) is 6.05. The van der Waals surface area contributed by atoms with Crippen molar-refractivity contribution in [1.82, 2.24) is 9.97 Å². The number of hydrogen-bond donors (Lipinski definition) is 2. The third kappa shape index (κ3) is 1.99. The molecule has 0 radical (unpaired) electrons. The lowest BCUT2D eigenvalue weighted by atomic mass is 10.0. The Bertz CT molecular complexity index is 655. The molecule has 1 aliphatic heterocycles. The maximum Gasteiger partial charge on any atom is 0.144 e. The average Bonchev–Trinajstić information content (AvgIpc) is 2.76. The Morgan fingerprint density at radius 2 is 2.11 bits per heavy atom. The van der Waals surface area contributed by atoms with Crippen molar-refractivity contribution in [2.45, 2.75) is 26.4 Å². The van der Waals surface area contributed by atoms with E-state index < -0.39 is 5.60 Å². The van der Waals surface area contributed by atoms with E-state index in [4.69, 9.17) is 4.74 Å². The number of imidazole rings is 1. The molecule has 0 amide bonds. The summed E-state index contributed by atoms with van der Waals surface area (Å²) >= 11 is 0. The molecule has 1 aliphatic rings. The number of hydrogen-bond acceptors (Lipinski definition) is 3. The molecule has 0 bridgehead atoms. The molecule has 19 heavy (non-hydrogen) atoms. The molecule has 0 spiro atoms. The fraction of sp³-hybridized carbons (Fsp3) is 0.267. The summed E-state index contributed by atoms with van der Waals surface area (Å²) in [4.78, 5) is 7.44. The van der Waals surface area contributed by atoms with Gasteiger partial charge in [0.15, 0.2) is 0 Å². The van der Waals surface area contributed by atoms with E-state index >= 15 is 0 Å². The van der Waals surface area contributed by atoms with E-state index in [-0.39, 0.29) is 0 Å². The molecule has 2 aromatic rings. The first-order chi connectivity index (χ1) is 8.95. The van der Waals surface area contributed by atoms with Gasteiger partial charge >= 0.3 is 0 Å². The van der Waals surface area contributed by atoms with Gasteiger partial charge in [0.2, 0.25) is 0 Å².